The zero-order valence-electron chi connectivity index (χ0n) is 5.35. The lowest BCUT2D eigenvalue weighted by molar-refractivity contribution is 0.240. The Morgan fingerprint density at radius 3 is 2.12 bits per heavy atom. The minimum absolute atomic E-state index is 0.537. The Morgan fingerprint density at radius 2 is 1.88 bits per heavy atom. The van der Waals surface area contributed by atoms with Gasteiger partial charge in [-0.1, -0.05) is 12.8 Å². The average molecular weight is 113 g/mol. The second kappa shape index (κ2) is 2.49. The van der Waals surface area contributed by atoms with E-state index >= 15 is 0 Å². The van der Waals surface area contributed by atoms with Crippen LogP contribution in [0.5, 0.6) is 0 Å². The van der Waals surface area contributed by atoms with Crippen molar-refractivity contribution < 1.29 is 5.11 Å². The van der Waals surface area contributed by atoms with Crippen LogP contribution in [0.3, 0.4) is 0 Å². The van der Waals surface area contributed by atoms with Crippen LogP contribution < -0.4 is 0 Å². The van der Waals surface area contributed by atoms with E-state index in [4.69, 9.17) is 5.11 Å². The normalized spacial score (nSPS) is 22.9. The monoisotopic (exact) mass is 113 g/mol. The Hall–Kier alpha value is -0.0400. The first kappa shape index (κ1) is 6.09. The largest absolute Gasteiger partial charge is 0.387 e. The highest BCUT2D eigenvalue weighted by Crippen LogP contribution is 2.30. The van der Waals surface area contributed by atoms with Gasteiger partial charge in [-0.3, -0.25) is 0 Å². The molecule has 1 aliphatic rings. The molecule has 0 aliphatic heterocycles. The van der Waals surface area contributed by atoms with Gasteiger partial charge >= 0.3 is 0 Å². The van der Waals surface area contributed by atoms with Crippen LogP contribution in [-0.4, -0.2) is 5.11 Å². The molecule has 0 aromatic rings. The first-order valence-electron chi connectivity index (χ1n) is 3.33. The molecule has 0 unspecified atom stereocenters. The van der Waals surface area contributed by atoms with Crippen molar-refractivity contribution in [3.63, 3.8) is 0 Å². The molecule has 1 radical (unpaired) electrons. The van der Waals surface area contributed by atoms with Crippen molar-refractivity contribution in [2.75, 3.05) is 0 Å². The van der Waals surface area contributed by atoms with Crippen molar-refractivity contribution in [1.82, 2.24) is 0 Å². The summed E-state index contributed by atoms with van der Waals surface area (Å²) in [4.78, 5) is 0. The van der Waals surface area contributed by atoms with Gasteiger partial charge in [0.1, 0.15) is 0 Å². The molecule has 1 fully saturated rings. The van der Waals surface area contributed by atoms with E-state index < -0.39 is 0 Å². The topological polar surface area (TPSA) is 20.2 Å². The van der Waals surface area contributed by atoms with E-state index in [1.807, 2.05) is 6.92 Å². The molecule has 0 amide bonds. The number of rotatable bonds is 1. The molecule has 1 saturated carbocycles. The first-order chi connectivity index (χ1) is 3.80. The van der Waals surface area contributed by atoms with Gasteiger partial charge in [-0.05, 0) is 25.7 Å². The first-order valence-corrected chi connectivity index (χ1v) is 3.33. The van der Waals surface area contributed by atoms with E-state index in [9.17, 15) is 0 Å². The zero-order valence-corrected chi connectivity index (χ0v) is 5.35. The molecule has 0 aromatic carbocycles. The third kappa shape index (κ3) is 1.22. The maximum Gasteiger partial charge on any atom is 0.0933 e. The highest BCUT2D eigenvalue weighted by molar-refractivity contribution is 4.83. The minimum Gasteiger partial charge on any atom is -0.387 e. The molecule has 8 heavy (non-hydrogen) atoms. The van der Waals surface area contributed by atoms with Crippen molar-refractivity contribution >= 4 is 0 Å². The van der Waals surface area contributed by atoms with Crippen molar-refractivity contribution in [2.24, 2.45) is 5.92 Å². The van der Waals surface area contributed by atoms with Gasteiger partial charge in [0.05, 0.1) is 6.10 Å². The van der Waals surface area contributed by atoms with Gasteiger partial charge < -0.3 is 5.11 Å². The maximum atomic E-state index is 8.97. The molecule has 0 spiro atoms. The predicted molar refractivity (Wildman–Crippen MR) is 32.8 cm³/mol. The summed E-state index contributed by atoms with van der Waals surface area (Å²) < 4.78 is 0. The van der Waals surface area contributed by atoms with Crippen LogP contribution in [0.15, 0.2) is 0 Å². The second-order valence-electron chi connectivity index (χ2n) is 2.62. The van der Waals surface area contributed by atoms with E-state index in [0.717, 1.165) is 0 Å². The summed E-state index contributed by atoms with van der Waals surface area (Å²) >= 11 is 0. The Bertz CT molecular complexity index is 62.8. The summed E-state index contributed by atoms with van der Waals surface area (Å²) in [6, 6.07) is 0. The smallest absolute Gasteiger partial charge is 0.0933 e. The van der Waals surface area contributed by atoms with Crippen molar-refractivity contribution in [3.8, 4) is 0 Å². The maximum absolute atomic E-state index is 8.97. The van der Waals surface area contributed by atoms with Crippen LogP contribution in [0.4, 0.5) is 0 Å². The van der Waals surface area contributed by atoms with Gasteiger partial charge in [0.2, 0.25) is 0 Å². The summed E-state index contributed by atoms with van der Waals surface area (Å²) in [7, 11) is 0. The lowest BCUT2D eigenvalue weighted by Crippen LogP contribution is -2.02. The van der Waals surface area contributed by atoms with Gasteiger partial charge in [-0.25, -0.2) is 0 Å². The van der Waals surface area contributed by atoms with Gasteiger partial charge in [0, 0.05) is 0 Å². The fourth-order valence-corrected chi connectivity index (χ4v) is 1.34. The Kier molecular flexibility index (Phi) is 1.90. The summed E-state index contributed by atoms with van der Waals surface area (Å²) in [5.74, 6) is 0.537. The molecule has 47 valence electrons. The van der Waals surface area contributed by atoms with Crippen molar-refractivity contribution in [1.29, 1.82) is 0 Å². The van der Waals surface area contributed by atoms with E-state index in [1.165, 1.54) is 25.7 Å². The fraction of sp³-hybridized carbons (Fsp3) is 0.857. The second-order valence-corrected chi connectivity index (χ2v) is 2.62. The highest BCUT2D eigenvalue weighted by atomic mass is 16.3. The van der Waals surface area contributed by atoms with E-state index in [-0.39, 0.29) is 0 Å². The number of aliphatic hydroxyl groups is 1. The molecule has 1 aliphatic carbocycles. The summed E-state index contributed by atoms with van der Waals surface area (Å²) in [6.07, 6.45) is 5.68. The molecule has 1 nitrogen and oxygen atoms in total. The molecule has 0 atom stereocenters. The molecule has 1 N–H and O–H groups in total. The SMILES string of the molecule is C[C](O)C1CCCC1. The lowest BCUT2D eigenvalue weighted by Gasteiger charge is -2.09. The number of hydrogen-bond donors (Lipinski definition) is 1. The molecule has 0 bridgehead atoms. The third-order valence-electron chi connectivity index (χ3n) is 1.95. The van der Waals surface area contributed by atoms with Crippen molar-refractivity contribution in [2.45, 2.75) is 32.6 Å². The number of aliphatic hydroxyl groups excluding tert-OH is 1. The van der Waals surface area contributed by atoms with E-state index in [0.29, 0.717) is 12.0 Å². The fourth-order valence-electron chi connectivity index (χ4n) is 1.34. The average Bonchev–Trinajstić information content (AvgIpc) is 2.12. The van der Waals surface area contributed by atoms with Crippen LogP contribution in [-0.2, 0) is 0 Å². The van der Waals surface area contributed by atoms with Gasteiger partial charge in [-0.15, -0.1) is 0 Å². The van der Waals surface area contributed by atoms with Crippen molar-refractivity contribution in [3.05, 3.63) is 6.10 Å². The standard InChI is InChI=1S/C7H13O/c1-6(8)7-4-2-3-5-7/h7-8H,2-5H2,1H3. The predicted octanol–water partition coefficient (Wildman–Crippen LogP) is 2.10. The summed E-state index contributed by atoms with van der Waals surface area (Å²) in [5, 5.41) is 8.97. The minimum atomic E-state index is 0.537. The van der Waals surface area contributed by atoms with Crippen LogP contribution >= 0.6 is 0 Å². The zero-order chi connectivity index (χ0) is 5.98. The quantitative estimate of drug-likeness (QED) is 0.552. The molecular weight excluding hydrogens is 100 g/mol. The third-order valence-corrected chi connectivity index (χ3v) is 1.95. The molecule has 0 heterocycles. The van der Waals surface area contributed by atoms with E-state index in [1.54, 1.807) is 0 Å². The van der Waals surface area contributed by atoms with Crippen LogP contribution in [0, 0.1) is 12.0 Å². The Morgan fingerprint density at radius 1 is 1.38 bits per heavy atom. The van der Waals surface area contributed by atoms with Gasteiger partial charge in [-0.2, -0.15) is 0 Å². The molecule has 0 saturated heterocycles. The van der Waals surface area contributed by atoms with Gasteiger partial charge in [0.25, 0.3) is 0 Å². The molecule has 1 heteroatoms. The van der Waals surface area contributed by atoms with Crippen LogP contribution in [0.1, 0.15) is 32.6 Å². The highest BCUT2D eigenvalue weighted by Gasteiger charge is 2.19. The number of hydrogen-bond acceptors (Lipinski definition) is 1. The Balaban J connectivity index is 2.24. The van der Waals surface area contributed by atoms with Gasteiger partial charge in [0.15, 0.2) is 0 Å². The summed E-state index contributed by atoms with van der Waals surface area (Å²) in [5.41, 5.74) is 0. The van der Waals surface area contributed by atoms with Crippen LogP contribution in [0.2, 0.25) is 0 Å². The lowest BCUT2D eigenvalue weighted by atomic mass is 10.0. The molecule has 1 rings (SSSR count). The summed E-state index contributed by atoms with van der Waals surface area (Å²) in [6.45, 7) is 1.82. The van der Waals surface area contributed by atoms with E-state index in [2.05, 4.69) is 0 Å². The molecular formula is C7H13O. The molecule has 0 aromatic heterocycles. The van der Waals surface area contributed by atoms with Crippen LogP contribution in [0.25, 0.3) is 0 Å². The Labute approximate surface area is 50.7 Å².